The molecule has 0 amide bonds. The van der Waals surface area contributed by atoms with Crippen molar-refractivity contribution in [2.75, 3.05) is 13.1 Å². The van der Waals surface area contributed by atoms with E-state index in [2.05, 4.69) is 11.8 Å². The molecule has 0 saturated carbocycles. The molecule has 0 fully saturated rings. The van der Waals surface area contributed by atoms with Crippen LogP contribution in [0.25, 0.3) is 5.57 Å². The first-order valence-corrected chi connectivity index (χ1v) is 10.1. The summed E-state index contributed by atoms with van der Waals surface area (Å²) in [6.07, 6.45) is 2.78. The lowest BCUT2D eigenvalue weighted by Gasteiger charge is -2.25. The monoisotopic (exact) mass is 407 g/mol. The maximum absolute atomic E-state index is 14.5. The Labute approximate surface area is 171 Å². The van der Waals surface area contributed by atoms with Gasteiger partial charge in [-0.1, -0.05) is 37.6 Å². The third-order valence-electron chi connectivity index (χ3n) is 5.49. The van der Waals surface area contributed by atoms with Crippen LogP contribution in [0.5, 0.6) is 0 Å². The number of rotatable bonds is 8. The molecule has 0 aliphatic heterocycles. The minimum absolute atomic E-state index is 0.0631. The van der Waals surface area contributed by atoms with Crippen molar-refractivity contribution in [3.8, 4) is 6.07 Å². The zero-order valence-corrected chi connectivity index (χ0v) is 17.4. The van der Waals surface area contributed by atoms with E-state index in [1.54, 1.807) is 12.1 Å². The molecule has 1 aliphatic carbocycles. The topological polar surface area (TPSA) is 53.0 Å². The largest absolute Gasteiger partial charge is 0.328 e. The van der Waals surface area contributed by atoms with Crippen molar-refractivity contribution in [3.05, 3.63) is 51.8 Å². The van der Waals surface area contributed by atoms with Crippen LogP contribution in [0.3, 0.4) is 0 Å². The molecule has 0 saturated heterocycles. The van der Waals surface area contributed by atoms with E-state index in [4.69, 9.17) is 22.6 Å². The molecule has 2 rings (SSSR count). The highest BCUT2D eigenvalue weighted by Gasteiger charge is 2.23. The number of hydrogen-bond donors (Lipinski definition) is 1. The van der Waals surface area contributed by atoms with Crippen LogP contribution in [0.1, 0.15) is 44.7 Å². The molecule has 1 aromatic carbocycles. The smallest absolute Gasteiger partial charge is 0.139 e. The van der Waals surface area contributed by atoms with Gasteiger partial charge in [-0.15, -0.1) is 0 Å². The highest BCUT2D eigenvalue weighted by molar-refractivity contribution is 6.33. The van der Waals surface area contributed by atoms with Gasteiger partial charge in [-0.25, -0.2) is 8.78 Å². The average molecular weight is 408 g/mol. The van der Waals surface area contributed by atoms with Crippen molar-refractivity contribution in [3.63, 3.8) is 0 Å². The van der Waals surface area contributed by atoms with Gasteiger partial charge < -0.3 is 5.73 Å². The molecular weight excluding hydrogens is 380 g/mol. The number of hydrogen-bond acceptors (Lipinski definition) is 3. The Morgan fingerprint density at radius 3 is 2.64 bits per heavy atom. The second kappa shape index (κ2) is 10.2. The van der Waals surface area contributed by atoms with E-state index in [-0.39, 0.29) is 23.9 Å². The molecule has 2 N–H and O–H groups in total. The highest BCUT2D eigenvalue weighted by Crippen LogP contribution is 2.35. The van der Waals surface area contributed by atoms with Gasteiger partial charge in [-0.2, -0.15) is 5.26 Å². The Kier molecular flexibility index (Phi) is 8.18. The fourth-order valence-electron chi connectivity index (χ4n) is 3.19. The van der Waals surface area contributed by atoms with Crippen LogP contribution in [0, 0.1) is 23.1 Å². The van der Waals surface area contributed by atoms with Gasteiger partial charge in [-0.3, -0.25) is 4.90 Å². The van der Waals surface area contributed by atoms with Crippen LogP contribution < -0.4 is 5.73 Å². The summed E-state index contributed by atoms with van der Waals surface area (Å²) in [6, 6.07) is 4.93. The number of alkyl halides is 1. The molecule has 28 heavy (non-hydrogen) atoms. The molecule has 0 spiro atoms. The van der Waals surface area contributed by atoms with Crippen LogP contribution in [0.2, 0.25) is 5.02 Å². The van der Waals surface area contributed by atoms with Crippen LogP contribution in [-0.4, -0.2) is 30.2 Å². The van der Waals surface area contributed by atoms with Crippen molar-refractivity contribution < 1.29 is 8.78 Å². The molecule has 152 valence electrons. The molecule has 3 nitrogen and oxygen atoms in total. The van der Waals surface area contributed by atoms with E-state index in [0.29, 0.717) is 34.2 Å². The number of benzene rings is 1. The molecule has 1 aromatic rings. The van der Waals surface area contributed by atoms with Gasteiger partial charge >= 0.3 is 0 Å². The summed E-state index contributed by atoms with van der Waals surface area (Å²) in [5.41, 5.74) is 7.75. The standard InChI is InChI=1S/C22H28ClF2N3/c1-4-28(10-9-14(2)15(3)27)13-19-20(24)8-7-18(22(19)23)16-5-6-17(12-26)21(25)11-16/h5-8,14-15,21H,4,9-11,13,27H2,1-3H3. The van der Waals surface area contributed by atoms with Gasteiger partial charge in [0.05, 0.1) is 16.7 Å². The van der Waals surface area contributed by atoms with E-state index in [0.717, 1.165) is 19.5 Å². The molecule has 0 bridgehead atoms. The average Bonchev–Trinajstić information content (AvgIpc) is 2.67. The number of nitrogens with zero attached hydrogens (tertiary/aromatic N) is 2. The van der Waals surface area contributed by atoms with Gasteiger partial charge in [0.25, 0.3) is 0 Å². The molecule has 6 heteroatoms. The Hall–Kier alpha value is -1.74. The van der Waals surface area contributed by atoms with Crippen molar-refractivity contribution >= 4 is 17.2 Å². The summed E-state index contributed by atoms with van der Waals surface area (Å²) in [5.74, 6) is 0.00427. The Morgan fingerprint density at radius 2 is 2.07 bits per heavy atom. The van der Waals surface area contributed by atoms with Crippen molar-refractivity contribution in [1.29, 1.82) is 5.26 Å². The number of halogens is 3. The van der Waals surface area contributed by atoms with Crippen molar-refractivity contribution in [2.24, 2.45) is 11.7 Å². The zero-order valence-electron chi connectivity index (χ0n) is 16.7. The Balaban J connectivity index is 2.24. The minimum atomic E-state index is -1.36. The fraction of sp³-hybridized carbons (Fsp3) is 0.500. The van der Waals surface area contributed by atoms with Gasteiger partial charge in [0.2, 0.25) is 0 Å². The molecule has 0 aromatic heterocycles. The summed E-state index contributed by atoms with van der Waals surface area (Å²) < 4.78 is 28.7. The normalized spacial score (nSPS) is 19.0. The van der Waals surface area contributed by atoms with E-state index in [1.807, 2.05) is 19.9 Å². The first kappa shape index (κ1) is 22.5. The lowest BCUT2D eigenvalue weighted by atomic mass is 9.91. The third-order valence-corrected chi connectivity index (χ3v) is 5.92. The van der Waals surface area contributed by atoms with Crippen LogP contribution in [0.4, 0.5) is 8.78 Å². The highest BCUT2D eigenvalue weighted by atomic mass is 35.5. The molecule has 3 atom stereocenters. The first-order valence-electron chi connectivity index (χ1n) is 9.68. The first-order chi connectivity index (χ1) is 13.3. The predicted molar refractivity (Wildman–Crippen MR) is 111 cm³/mol. The SMILES string of the molecule is CCN(CCC(C)C(C)N)Cc1c(F)ccc(C2=CC=C(C#N)C(F)C2)c1Cl. The van der Waals surface area contributed by atoms with E-state index < -0.39 is 6.17 Å². The summed E-state index contributed by atoms with van der Waals surface area (Å²) >= 11 is 6.54. The fourth-order valence-corrected chi connectivity index (χ4v) is 3.52. The second-order valence-corrected chi connectivity index (χ2v) is 7.86. The quantitative estimate of drug-likeness (QED) is 0.640. The molecule has 0 radical (unpaired) electrons. The lowest BCUT2D eigenvalue weighted by Crippen LogP contribution is -2.30. The van der Waals surface area contributed by atoms with Gasteiger partial charge in [0, 0.05) is 24.6 Å². The molecule has 1 aliphatic rings. The Bertz CT molecular complexity index is 796. The van der Waals surface area contributed by atoms with E-state index in [1.165, 1.54) is 12.1 Å². The van der Waals surface area contributed by atoms with Crippen molar-refractivity contribution in [2.45, 2.75) is 52.4 Å². The maximum atomic E-state index is 14.5. The zero-order chi connectivity index (χ0) is 20.8. The summed E-state index contributed by atoms with van der Waals surface area (Å²) in [6.45, 7) is 8.06. The van der Waals surface area contributed by atoms with E-state index >= 15 is 0 Å². The molecule has 3 unspecified atom stereocenters. The number of allylic oxidation sites excluding steroid dienone is 4. The maximum Gasteiger partial charge on any atom is 0.139 e. The number of nitriles is 1. The van der Waals surface area contributed by atoms with Crippen LogP contribution >= 0.6 is 11.6 Å². The Morgan fingerprint density at radius 1 is 1.36 bits per heavy atom. The summed E-state index contributed by atoms with van der Waals surface area (Å²) in [4.78, 5) is 2.13. The summed E-state index contributed by atoms with van der Waals surface area (Å²) in [5, 5.41) is 9.24. The van der Waals surface area contributed by atoms with Gasteiger partial charge in [-0.05, 0) is 55.6 Å². The predicted octanol–water partition coefficient (Wildman–Crippen LogP) is 5.25. The third kappa shape index (κ3) is 5.41. The van der Waals surface area contributed by atoms with E-state index in [9.17, 15) is 8.78 Å². The molecular formula is C22H28ClF2N3. The number of nitrogens with two attached hydrogens (primary N) is 1. The summed E-state index contributed by atoms with van der Waals surface area (Å²) in [7, 11) is 0. The lowest BCUT2D eigenvalue weighted by molar-refractivity contribution is 0.249. The van der Waals surface area contributed by atoms with Crippen molar-refractivity contribution in [1.82, 2.24) is 4.90 Å². The van der Waals surface area contributed by atoms with Crippen LogP contribution in [-0.2, 0) is 6.54 Å². The minimum Gasteiger partial charge on any atom is -0.328 e. The second-order valence-electron chi connectivity index (χ2n) is 7.48. The van der Waals surface area contributed by atoms with Gasteiger partial charge in [0.1, 0.15) is 12.0 Å². The van der Waals surface area contributed by atoms with Gasteiger partial charge in [0.15, 0.2) is 0 Å². The van der Waals surface area contributed by atoms with Crippen LogP contribution in [0.15, 0.2) is 29.9 Å². The molecule has 0 heterocycles.